The SMILES string of the molecule is CNc1ccc([N+](=O)[O-])cc1C(=O)NC1CCN(c2ccc(C(F)(F)F)cn2)CC1. The number of nitrogens with zero attached hydrogens (tertiary/aromatic N) is 3. The molecule has 3 rings (SSSR count). The Morgan fingerprint density at radius 2 is 1.93 bits per heavy atom. The monoisotopic (exact) mass is 423 g/mol. The predicted molar refractivity (Wildman–Crippen MR) is 105 cm³/mol. The van der Waals surface area contributed by atoms with E-state index in [-0.39, 0.29) is 17.3 Å². The molecule has 0 atom stereocenters. The molecule has 0 bridgehead atoms. The van der Waals surface area contributed by atoms with E-state index >= 15 is 0 Å². The molecule has 0 spiro atoms. The summed E-state index contributed by atoms with van der Waals surface area (Å²) in [6.45, 7) is 1.02. The molecule has 1 fully saturated rings. The number of pyridine rings is 1. The maximum Gasteiger partial charge on any atom is 0.417 e. The molecular weight excluding hydrogens is 403 g/mol. The van der Waals surface area contributed by atoms with Gasteiger partial charge < -0.3 is 15.5 Å². The highest BCUT2D eigenvalue weighted by Gasteiger charge is 2.31. The highest BCUT2D eigenvalue weighted by molar-refractivity contribution is 6.00. The average molecular weight is 423 g/mol. The third-order valence-corrected chi connectivity index (χ3v) is 4.96. The summed E-state index contributed by atoms with van der Waals surface area (Å²) in [7, 11) is 1.62. The van der Waals surface area contributed by atoms with Crippen molar-refractivity contribution in [2.45, 2.75) is 25.1 Å². The number of nitro groups is 1. The fourth-order valence-electron chi connectivity index (χ4n) is 3.31. The smallest absolute Gasteiger partial charge is 0.387 e. The van der Waals surface area contributed by atoms with Crippen LogP contribution in [0.1, 0.15) is 28.8 Å². The van der Waals surface area contributed by atoms with Gasteiger partial charge in [-0.05, 0) is 31.0 Å². The van der Waals surface area contributed by atoms with Gasteiger partial charge in [0, 0.05) is 50.2 Å². The van der Waals surface area contributed by atoms with Crippen molar-refractivity contribution in [3.8, 4) is 0 Å². The second-order valence-electron chi connectivity index (χ2n) is 6.87. The Kier molecular flexibility index (Phi) is 6.09. The van der Waals surface area contributed by atoms with Crippen LogP contribution in [0, 0.1) is 10.1 Å². The average Bonchev–Trinajstić information content (AvgIpc) is 2.73. The van der Waals surface area contributed by atoms with E-state index < -0.39 is 22.6 Å². The number of rotatable bonds is 5. The van der Waals surface area contributed by atoms with Crippen molar-refractivity contribution in [3.05, 3.63) is 57.8 Å². The van der Waals surface area contributed by atoms with Gasteiger partial charge in [-0.3, -0.25) is 14.9 Å². The molecule has 0 unspecified atom stereocenters. The van der Waals surface area contributed by atoms with Crippen LogP contribution in [0.25, 0.3) is 0 Å². The van der Waals surface area contributed by atoms with E-state index in [2.05, 4.69) is 15.6 Å². The third kappa shape index (κ3) is 4.78. The number of anilines is 2. The van der Waals surface area contributed by atoms with Gasteiger partial charge >= 0.3 is 6.18 Å². The second kappa shape index (κ2) is 8.56. The lowest BCUT2D eigenvalue weighted by Gasteiger charge is -2.33. The van der Waals surface area contributed by atoms with Gasteiger partial charge in [-0.2, -0.15) is 13.2 Å². The zero-order valence-corrected chi connectivity index (χ0v) is 16.1. The number of amides is 1. The number of non-ortho nitro benzene ring substituents is 1. The molecule has 11 heteroatoms. The summed E-state index contributed by atoms with van der Waals surface area (Å²) in [5, 5.41) is 16.7. The lowest BCUT2D eigenvalue weighted by molar-refractivity contribution is -0.384. The Hall–Kier alpha value is -3.37. The van der Waals surface area contributed by atoms with E-state index in [4.69, 9.17) is 0 Å². The molecular formula is C19H20F3N5O3. The number of aromatic nitrogens is 1. The van der Waals surface area contributed by atoms with Crippen LogP contribution in [-0.2, 0) is 6.18 Å². The number of halogens is 3. The number of nitrogens with one attached hydrogen (secondary N) is 2. The van der Waals surface area contributed by atoms with Crippen molar-refractivity contribution < 1.29 is 22.9 Å². The number of nitro benzene ring substituents is 1. The molecule has 2 heterocycles. The summed E-state index contributed by atoms with van der Waals surface area (Å²) in [4.78, 5) is 28.8. The van der Waals surface area contributed by atoms with Crippen LogP contribution in [0.3, 0.4) is 0 Å². The standard InChI is InChI=1S/C19H20F3N5O3/c1-23-16-4-3-14(27(29)30)10-15(16)18(28)25-13-6-8-26(9-7-13)17-5-2-12(11-24-17)19(20,21)22/h2-5,10-11,13,23H,6-9H2,1H3,(H,25,28). The van der Waals surface area contributed by atoms with E-state index in [1.807, 2.05) is 4.90 Å². The quantitative estimate of drug-likeness (QED) is 0.564. The first-order valence-corrected chi connectivity index (χ1v) is 9.24. The summed E-state index contributed by atoms with van der Waals surface area (Å²) in [6.07, 6.45) is -2.48. The maximum absolute atomic E-state index is 12.7. The second-order valence-corrected chi connectivity index (χ2v) is 6.87. The molecule has 0 saturated carbocycles. The van der Waals surface area contributed by atoms with Gasteiger partial charge in [0.15, 0.2) is 0 Å². The number of carbonyl (C=O) groups excluding carboxylic acids is 1. The van der Waals surface area contributed by atoms with Crippen LogP contribution in [-0.4, -0.2) is 42.0 Å². The maximum atomic E-state index is 12.7. The van der Waals surface area contributed by atoms with Gasteiger partial charge in [-0.1, -0.05) is 0 Å². The molecule has 1 aliphatic heterocycles. The van der Waals surface area contributed by atoms with Gasteiger partial charge in [-0.15, -0.1) is 0 Å². The molecule has 8 nitrogen and oxygen atoms in total. The molecule has 0 radical (unpaired) electrons. The van der Waals surface area contributed by atoms with Gasteiger partial charge in [0.25, 0.3) is 11.6 Å². The lowest BCUT2D eigenvalue weighted by atomic mass is 10.0. The number of piperidine rings is 1. The van der Waals surface area contributed by atoms with E-state index in [9.17, 15) is 28.1 Å². The molecule has 1 aromatic carbocycles. The Morgan fingerprint density at radius 3 is 2.47 bits per heavy atom. The van der Waals surface area contributed by atoms with E-state index in [1.54, 1.807) is 7.05 Å². The summed E-state index contributed by atoms with van der Waals surface area (Å²) in [5.41, 5.74) is -0.323. The Labute approximate surface area is 170 Å². The first-order chi connectivity index (χ1) is 14.2. The van der Waals surface area contributed by atoms with Crippen molar-refractivity contribution in [1.82, 2.24) is 10.3 Å². The zero-order chi connectivity index (χ0) is 21.9. The molecule has 1 aliphatic rings. The minimum atomic E-state index is -4.43. The Balaban J connectivity index is 1.61. The number of hydrogen-bond donors (Lipinski definition) is 2. The molecule has 0 aliphatic carbocycles. The molecule has 2 N–H and O–H groups in total. The van der Waals surface area contributed by atoms with Crippen LogP contribution >= 0.6 is 0 Å². The van der Waals surface area contributed by atoms with Crippen LogP contribution in [0.15, 0.2) is 36.5 Å². The van der Waals surface area contributed by atoms with Crippen molar-refractivity contribution in [3.63, 3.8) is 0 Å². The fraction of sp³-hybridized carbons (Fsp3) is 0.368. The van der Waals surface area contributed by atoms with Crippen molar-refractivity contribution in [2.75, 3.05) is 30.4 Å². The highest BCUT2D eigenvalue weighted by atomic mass is 19.4. The largest absolute Gasteiger partial charge is 0.417 e. The van der Waals surface area contributed by atoms with E-state index in [1.165, 1.54) is 24.3 Å². The molecule has 1 amide bonds. The summed E-state index contributed by atoms with van der Waals surface area (Å²) >= 11 is 0. The number of carbonyl (C=O) groups is 1. The van der Waals surface area contributed by atoms with Crippen LogP contribution in [0.4, 0.5) is 30.4 Å². The van der Waals surface area contributed by atoms with Gasteiger partial charge in [0.05, 0.1) is 16.1 Å². The Bertz CT molecular complexity index is 926. The molecule has 1 aromatic heterocycles. The van der Waals surface area contributed by atoms with Crippen molar-refractivity contribution >= 4 is 23.1 Å². The van der Waals surface area contributed by atoms with Crippen molar-refractivity contribution in [2.24, 2.45) is 0 Å². The van der Waals surface area contributed by atoms with E-state index in [0.29, 0.717) is 37.4 Å². The van der Waals surface area contributed by atoms with Crippen molar-refractivity contribution in [1.29, 1.82) is 0 Å². The van der Waals surface area contributed by atoms with Gasteiger partial charge in [-0.25, -0.2) is 4.98 Å². The van der Waals surface area contributed by atoms with Crippen LogP contribution in [0.5, 0.6) is 0 Å². The van der Waals surface area contributed by atoms with Gasteiger partial charge in [0.2, 0.25) is 0 Å². The summed E-state index contributed by atoms with van der Waals surface area (Å²) < 4.78 is 38.0. The minimum Gasteiger partial charge on any atom is -0.387 e. The van der Waals surface area contributed by atoms with E-state index in [0.717, 1.165) is 12.3 Å². The minimum absolute atomic E-state index is 0.160. The normalized spacial score (nSPS) is 15.0. The fourth-order valence-corrected chi connectivity index (χ4v) is 3.31. The lowest BCUT2D eigenvalue weighted by Crippen LogP contribution is -2.45. The predicted octanol–water partition coefficient (Wildman–Crippen LogP) is 3.45. The Morgan fingerprint density at radius 1 is 1.23 bits per heavy atom. The third-order valence-electron chi connectivity index (χ3n) is 4.96. The summed E-state index contributed by atoms with van der Waals surface area (Å²) in [5.74, 6) is 0.0260. The van der Waals surface area contributed by atoms with Gasteiger partial charge in [0.1, 0.15) is 5.82 Å². The number of hydrogen-bond acceptors (Lipinski definition) is 6. The van der Waals surface area contributed by atoms with Crippen LogP contribution < -0.4 is 15.5 Å². The first kappa shape index (κ1) is 21.3. The zero-order valence-electron chi connectivity index (χ0n) is 16.1. The molecule has 1 saturated heterocycles. The molecule has 30 heavy (non-hydrogen) atoms. The highest BCUT2D eigenvalue weighted by Crippen LogP contribution is 2.30. The number of alkyl halides is 3. The summed E-state index contributed by atoms with van der Waals surface area (Å²) in [6, 6.07) is 6.20. The topological polar surface area (TPSA) is 100 Å². The first-order valence-electron chi connectivity index (χ1n) is 9.24. The molecule has 160 valence electrons. The van der Waals surface area contributed by atoms with Crippen LogP contribution in [0.2, 0.25) is 0 Å². The molecule has 2 aromatic rings. The number of benzene rings is 1.